The summed E-state index contributed by atoms with van der Waals surface area (Å²) >= 11 is 6.13. The largest absolute Gasteiger partial charge is 0.465 e. The first-order chi connectivity index (χ1) is 12.1. The van der Waals surface area contributed by atoms with Crippen LogP contribution in [0.4, 0.5) is 0 Å². The van der Waals surface area contributed by atoms with Crippen molar-refractivity contribution in [1.29, 1.82) is 0 Å². The second-order valence-electron chi connectivity index (χ2n) is 5.87. The van der Waals surface area contributed by atoms with Crippen LogP contribution in [-0.4, -0.2) is 33.0 Å². The Bertz CT molecular complexity index is 933. The first-order valence-corrected chi connectivity index (χ1v) is 10.2. The number of hydrogen-bond donors (Lipinski definition) is 0. The predicted molar refractivity (Wildman–Crippen MR) is 99.4 cm³/mol. The van der Waals surface area contributed by atoms with Crippen molar-refractivity contribution in [2.75, 3.05) is 12.9 Å². The van der Waals surface area contributed by atoms with Crippen LogP contribution >= 0.6 is 11.6 Å². The molecule has 0 unspecified atom stereocenters. The highest BCUT2D eigenvalue weighted by Gasteiger charge is 2.32. The molecular formula is C19H19ClO5S. The molecule has 0 N–H and O–H groups in total. The molecule has 5 nitrogen and oxygen atoms in total. The van der Waals surface area contributed by atoms with E-state index in [4.69, 9.17) is 16.3 Å². The molecule has 1 atom stereocenters. The third kappa shape index (κ3) is 4.51. The Labute approximate surface area is 157 Å². The fourth-order valence-electron chi connectivity index (χ4n) is 2.46. The lowest BCUT2D eigenvalue weighted by molar-refractivity contribution is -0.143. The highest BCUT2D eigenvalue weighted by atomic mass is 35.5. The Morgan fingerprint density at radius 3 is 2.23 bits per heavy atom. The fraction of sp³-hybridized carbons (Fsp3) is 0.263. The fourth-order valence-corrected chi connectivity index (χ4v) is 3.45. The molecule has 0 radical (unpaired) electrons. The van der Waals surface area contributed by atoms with Crippen LogP contribution in [0.15, 0.2) is 47.4 Å². The van der Waals surface area contributed by atoms with Crippen molar-refractivity contribution in [1.82, 2.24) is 0 Å². The van der Waals surface area contributed by atoms with Crippen LogP contribution in [0.25, 0.3) is 0 Å². The number of sulfone groups is 1. The second kappa shape index (κ2) is 8.01. The number of carbonyl (C=O) groups is 2. The van der Waals surface area contributed by atoms with Gasteiger partial charge in [-0.3, -0.25) is 9.59 Å². The summed E-state index contributed by atoms with van der Waals surface area (Å²) < 4.78 is 28.3. The van der Waals surface area contributed by atoms with E-state index in [0.717, 1.165) is 11.8 Å². The van der Waals surface area contributed by atoms with Crippen LogP contribution < -0.4 is 0 Å². The summed E-state index contributed by atoms with van der Waals surface area (Å²) in [6.07, 6.45) is 1.05. The number of ether oxygens (including phenoxy) is 1. The second-order valence-corrected chi connectivity index (χ2v) is 8.30. The van der Waals surface area contributed by atoms with Gasteiger partial charge in [0.1, 0.15) is 5.92 Å². The molecule has 0 amide bonds. The zero-order valence-corrected chi connectivity index (χ0v) is 16.2. The van der Waals surface area contributed by atoms with Crippen LogP contribution in [0.3, 0.4) is 0 Å². The summed E-state index contributed by atoms with van der Waals surface area (Å²) in [5.41, 5.74) is 1.54. The monoisotopic (exact) mass is 394 g/mol. The van der Waals surface area contributed by atoms with E-state index < -0.39 is 27.5 Å². The Morgan fingerprint density at radius 1 is 1.12 bits per heavy atom. The molecule has 0 bridgehead atoms. The van der Waals surface area contributed by atoms with Crippen LogP contribution in [0.5, 0.6) is 0 Å². The van der Waals surface area contributed by atoms with Crippen molar-refractivity contribution in [2.45, 2.75) is 24.7 Å². The van der Waals surface area contributed by atoms with Gasteiger partial charge in [-0.2, -0.15) is 0 Å². The minimum absolute atomic E-state index is 0.00192. The molecule has 0 aliphatic carbocycles. The standard InChI is InChI=1S/C19H19ClO5S/c1-4-25-19(22)17(13-7-5-12(2)6-8-13)18(21)15-10-9-14(11-16(15)20)26(3,23)24/h5-11,17H,4H2,1-3H3/t17-/m0/s1. The van der Waals surface area contributed by atoms with Crippen LogP contribution in [-0.2, 0) is 19.4 Å². The lowest BCUT2D eigenvalue weighted by Crippen LogP contribution is -2.24. The minimum atomic E-state index is -3.46. The van der Waals surface area contributed by atoms with E-state index in [-0.39, 0.29) is 22.1 Å². The van der Waals surface area contributed by atoms with Gasteiger partial charge in [0.15, 0.2) is 15.6 Å². The van der Waals surface area contributed by atoms with Gasteiger partial charge >= 0.3 is 5.97 Å². The zero-order chi connectivity index (χ0) is 19.5. The predicted octanol–water partition coefficient (Wildman–Crippen LogP) is 3.58. The van der Waals surface area contributed by atoms with Gasteiger partial charge in [-0.1, -0.05) is 41.4 Å². The quantitative estimate of drug-likeness (QED) is 0.425. The van der Waals surface area contributed by atoms with Gasteiger partial charge in [0.2, 0.25) is 0 Å². The molecule has 26 heavy (non-hydrogen) atoms. The Balaban J connectivity index is 2.50. The van der Waals surface area contributed by atoms with E-state index in [9.17, 15) is 18.0 Å². The van der Waals surface area contributed by atoms with Gasteiger partial charge < -0.3 is 4.74 Å². The van der Waals surface area contributed by atoms with Crippen LogP contribution in [0.2, 0.25) is 5.02 Å². The Kier molecular flexibility index (Phi) is 6.21. The van der Waals surface area contributed by atoms with Crippen molar-refractivity contribution in [3.63, 3.8) is 0 Å². The summed E-state index contributed by atoms with van der Waals surface area (Å²) in [4.78, 5) is 25.4. The van der Waals surface area contributed by atoms with Crippen molar-refractivity contribution >= 4 is 33.2 Å². The molecule has 0 saturated heterocycles. The smallest absolute Gasteiger partial charge is 0.321 e. The normalized spacial score (nSPS) is 12.5. The SMILES string of the molecule is CCOC(=O)[C@H](C(=O)c1ccc(S(C)(=O)=O)cc1Cl)c1ccc(C)cc1. The molecule has 0 aliphatic heterocycles. The third-order valence-corrected chi connectivity index (χ3v) is 5.25. The molecule has 0 saturated carbocycles. The average Bonchev–Trinajstić information content (AvgIpc) is 2.56. The first-order valence-electron chi connectivity index (χ1n) is 7.92. The number of aryl methyl sites for hydroxylation is 1. The van der Waals surface area contributed by atoms with E-state index in [1.54, 1.807) is 31.2 Å². The van der Waals surface area contributed by atoms with Crippen molar-refractivity contribution in [3.8, 4) is 0 Å². The maximum atomic E-state index is 13.0. The maximum absolute atomic E-state index is 13.0. The molecule has 7 heteroatoms. The van der Waals surface area contributed by atoms with E-state index in [0.29, 0.717) is 5.56 Å². The molecule has 2 aromatic carbocycles. The number of hydrogen-bond acceptors (Lipinski definition) is 5. The number of rotatable bonds is 6. The van der Waals surface area contributed by atoms with Gasteiger partial charge in [-0.15, -0.1) is 0 Å². The molecule has 138 valence electrons. The van der Waals surface area contributed by atoms with Gasteiger partial charge in [-0.25, -0.2) is 8.42 Å². The summed E-state index contributed by atoms with van der Waals surface area (Å²) in [6.45, 7) is 3.68. The van der Waals surface area contributed by atoms with Gasteiger partial charge in [-0.05, 0) is 37.6 Å². The zero-order valence-electron chi connectivity index (χ0n) is 14.7. The number of esters is 1. The number of carbonyl (C=O) groups excluding carboxylic acids is 2. The van der Waals surface area contributed by atoms with E-state index in [1.807, 2.05) is 6.92 Å². The van der Waals surface area contributed by atoms with Gasteiger partial charge in [0.05, 0.1) is 16.5 Å². The van der Waals surface area contributed by atoms with Crippen molar-refractivity contribution < 1.29 is 22.7 Å². The topological polar surface area (TPSA) is 77.5 Å². The number of benzene rings is 2. The first kappa shape index (κ1) is 20.1. The van der Waals surface area contributed by atoms with Gasteiger partial charge in [0.25, 0.3) is 0 Å². The lowest BCUT2D eigenvalue weighted by atomic mass is 9.90. The number of Topliss-reactive ketones (excluding diaryl/α,β-unsaturated/α-hetero) is 1. The van der Waals surface area contributed by atoms with Crippen molar-refractivity contribution in [2.24, 2.45) is 0 Å². The third-order valence-electron chi connectivity index (χ3n) is 3.83. The van der Waals surface area contributed by atoms with Crippen LogP contribution in [0, 0.1) is 6.92 Å². The lowest BCUT2D eigenvalue weighted by Gasteiger charge is -2.16. The molecular weight excluding hydrogens is 376 g/mol. The Hall–Kier alpha value is -2.18. The van der Waals surface area contributed by atoms with E-state index in [1.165, 1.54) is 18.2 Å². The van der Waals surface area contributed by atoms with Gasteiger partial charge in [0, 0.05) is 11.8 Å². The molecule has 0 aromatic heterocycles. The number of ketones is 1. The summed E-state index contributed by atoms with van der Waals surface area (Å²) in [7, 11) is -3.46. The molecule has 0 fully saturated rings. The average molecular weight is 395 g/mol. The summed E-state index contributed by atoms with van der Waals surface area (Å²) in [5.74, 6) is -2.39. The molecule has 2 aromatic rings. The van der Waals surface area contributed by atoms with E-state index in [2.05, 4.69) is 0 Å². The number of halogens is 1. The highest BCUT2D eigenvalue weighted by molar-refractivity contribution is 7.90. The molecule has 0 heterocycles. The van der Waals surface area contributed by atoms with Crippen molar-refractivity contribution in [3.05, 3.63) is 64.2 Å². The summed E-state index contributed by atoms with van der Waals surface area (Å²) in [5, 5.41) is -0.0284. The molecule has 0 spiro atoms. The Morgan fingerprint density at radius 2 is 1.73 bits per heavy atom. The molecule has 0 aliphatic rings. The van der Waals surface area contributed by atoms with E-state index >= 15 is 0 Å². The summed E-state index contributed by atoms with van der Waals surface area (Å²) in [6, 6.07) is 10.8. The minimum Gasteiger partial charge on any atom is -0.465 e. The maximum Gasteiger partial charge on any atom is 0.321 e. The van der Waals surface area contributed by atoms with Crippen LogP contribution in [0.1, 0.15) is 34.3 Å². The molecule has 2 rings (SSSR count). The highest BCUT2D eigenvalue weighted by Crippen LogP contribution is 2.28.